The highest BCUT2D eigenvalue weighted by molar-refractivity contribution is 5.54. The van der Waals surface area contributed by atoms with Gasteiger partial charge in [0.1, 0.15) is 5.75 Å². The van der Waals surface area contributed by atoms with E-state index in [4.69, 9.17) is 0 Å². The molecule has 0 heterocycles. The number of hydrogen-bond acceptors (Lipinski definition) is 3. The number of aliphatic hydroxyl groups excluding tert-OH is 2. The van der Waals surface area contributed by atoms with Crippen LogP contribution in [-0.4, -0.2) is 27.5 Å². The highest BCUT2D eigenvalue weighted by Crippen LogP contribution is 2.24. The summed E-state index contributed by atoms with van der Waals surface area (Å²) >= 11 is 0. The molecule has 3 atom stereocenters. The number of phenolic OH excluding ortho intramolecular Hbond substituents is 1. The summed E-state index contributed by atoms with van der Waals surface area (Å²) in [5.41, 5.74) is 2.16. The van der Waals surface area contributed by atoms with E-state index < -0.39 is 12.2 Å². The van der Waals surface area contributed by atoms with E-state index in [2.05, 4.69) is 13.5 Å². The number of rotatable bonds is 9. The molecule has 0 bridgehead atoms. The quantitative estimate of drug-likeness (QED) is 0.600. The Morgan fingerprint density at radius 1 is 1.26 bits per heavy atom. The van der Waals surface area contributed by atoms with Crippen molar-refractivity contribution in [2.45, 2.75) is 52.2 Å². The first-order chi connectivity index (χ1) is 10.9. The van der Waals surface area contributed by atoms with Crippen molar-refractivity contribution in [2.24, 2.45) is 11.8 Å². The molecular formula is C20H30O3. The van der Waals surface area contributed by atoms with Gasteiger partial charge < -0.3 is 15.3 Å². The summed E-state index contributed by atoms with van der Waals surface area (Å²) in [7, 11) is 0. The fraction of sp³-hybridized carbons (Fsp3) is 0.500. The van der Waals surface area contributed by atoms with Gasteiger partial charge in [0.2, 0.25) is 0 Å². The van der Waals surface area contributed by atoms with Gasteiger partial charge in [-0.3, -0.25) is 0 Å². The van der Waals surface area contributed by atoms with Gasteiger partial charge in [-0.15, -0.1) is 6.58 Å². The summed E-state index contributed by atoms with van der Waals surface area (Å²) in [6, 6.07) is 7.13. The van der Waals surface area contributed by atoms with Crippen LogP contribution in [0.15, 0.2) is 42.5 Å². The molecule has 3 heteroatoms. The summed E-state index contributed by atoms with van der Waals surface area (Å²) in [6.45, 7) is 9.70. The molecule has 0 radical (unpaired) electrons. The van der Waals surface area contributed by atoms with Crippen molar-refractivity contribution in [3.8, 4) is 5.75 Å². The maximum atomic E-state index is 10.4. The van der Waals surface area contributed by atoms with Crippen LogP contribution in [0.1, 0.15) is 45.6 Å². The molecule has 0 unspecified atom stereocenters. The molecule has 0 spiro atoms. The Hall–Kier alpha value is -1.58. The second kappa shape index (κ2) is 9.53. The van der Waals surface area contributed by atoms with E-state index >= 15 is 0 Å². The van der Waals surface area contributed by atoms with Crippen molar-refractivity contribution in [2.75, 3.05) is 0 Å². The topological polar surface area (TPSA) is 60.7 Å². The molecule has 1 aromatic rings. The lowest BCUT2D eigenvalue weighted by molar-refractivity contribution is 0.00885. The highest BCUT2D eigenvalue weighted by Gasteiger charge is 2.26. The molecule has 0 amide bonds. The SMILES string of the molecule is C=C[C@H]([C@H](O)CC/C(=C/c1cccc(O)c1)CC)[C@H](O)C(C)C. The van der Waals surface area contributed by atoms with Gasteiger partial charge in [0.25, 0.3) is 0 Å². The van der Waals surface area contributed by atoms with Crippen LogP contribution in [0, 0.1) is 11.8 Å². The van der Waals surface area contributed by atoms with Gasteiger partial charge in [-0.2, -0.15) is 0 Å². The summed E-state index contributed by atoms with van der Waals surface area (Å²) in [5.74, 6) is 0.0241. The molecule has 3 N–H and O–H groups in total. The normalized spacial score (nSPS) is 16.2. The van der Waals surface area contributed by atoms with Gasteiger partial charge in [-0.1, -0.05) is 50.6 Å². The molecule has 1 aromatic carbocycles. The van der Waals surface area contributed by atoms with Crippen molar-refractivity contribution >= 4 is 6.08 Å². The number of allylic oxidation sites excluding steroid dienone is 1. The smallest absolute Gasteiger partial charge is 0.116 e. The maximum absolute atomic E-state index is 10.4. The molecule has 1 rings (SSSR count). The first kappa shape index (κ1) is 19.5. The fourth-order valence-corrected chi connectivity index (χ4v) is 2.70. The summed E-state index contributed by atoms with van der Waals surface area (Å²) < 4.78 is 0. The van der Waals surface area contributed by atoms with Gasteiger partial charge >= 0.3 is 0 Å². The van der Waals surface area contributed by atoms with E-state index in [1.807, 2.05) is 32.1 Å². The minimum atomic E-state index is -0.607. The van der Waals surface area contributed by atoms with Crippen LogP contribution < -0.4 is 0 Å². The Labute approximate surface area is 140 Å². The molecule has 0 saturated heterocycles. The van der Waals surface area contributed by atoms with Gasteiger partial charge in [-0.25, -0.2) is 0 Å². The summed E-state index contributed by atoms with van der Waals surface area (Å²) in [5, 5.41) is 30.1. The number of hydrogen-bond donors (Lipinski definition) is 3. The second-order valence-corrected chi connectivity index (χ2v) is 6.40. The molecule has 3 nitrogen and oxygen atoms in total. The Bertz CT molecular complexity index is 519. The molecule has 0 saturated carbocycles. The molecule has 0 aliphatic heterocycles. The first-order valence-corrected chi connectivity index (χ1v) is 8.36. The lowest BCUT2D eigenvalue weighted by Gasteiger charge is -2.27. The molecule has 0 aliphatic carbocycles. The van der Waals surface area contributed by atoms with E-state index in [1.54, 1.807) is 18.2 Å². The largest absolute Gasteiger partial charge is 0.508 e. The third-order valence-corrected chi connectivity index (χ3v) is 4.25. The van der Waals surface area contributed by atoms with E-state index in [0.29, 0.717) is 6.42 Å². The Kier molecular flexibility index (Phi) is 8.07. The van der Waals surface area contributed by atoms with E-state index in [0.717, 1.165) is 18.4 Å². The van der Waals surface area contributed by atoms with Crippen molar-refractivity contribution in [1.29, 1.82) is 0 Å². The third-order valence-electron chi connectivity index (χ3n) is 4.25. The van der Waals surface area contributed by atoms with Crippen LogP contribution in [-0.2, 0) is 0 Å². The monoisotopic (exact) mass is 318 g/mol. The lowest BCUT2D eigenvalue weighted by Crippen LogP contribution is -2.33. The van der Waals surface area contributed by atoms with Crippen molar-refractivity contribution in [1.82, 2.24) is 0 Å². The average Bonchev–Trinajstić information content (AvgIpc) is 2.51. The number of aliphatic hydroxyl groups is 2. The number of phenols is 1. The minimum Gasteiger partial charge on any atom is -0.508 e. The zero-order chi connectivity index (χ0) is 17.4. The number of benzene rings is 1. The standard InChI is InChI=1S/C20H30O3/c1-5-15(12-16-8-7-9-17(21)13-16)10-11-19(22)18(6-2)20(23)14(3)4/h6-9,12-14,18-23H,2,5,10-11H2,1,3-4H3/b15-12+/t18-,19-,20-/m1/s1. The van der Waals surface area contributed by atoms with Gasteiger partial charge in [0, 0.05) is 5.92 Å². The summed E-state index contributed by atoms with van der Waals surface area (Å²) in [6.07, 6.45) is 4.73. The molecule has 0 aliphatic rings. The molecule has 128 valence electrons. The van der Waals surface area contributed by atoms with Crippen LogP contribution in [0.2, 0.25) is 0 Å². The van der Waals surface area contributed by atoms with E-state index in [1.165, 1.54) is 5.57 Å². The average molecular weight is 318 g/mol. The predicted molar refractivity (Wildman–Crippen MR) is 96.1 cm³/mol. The zero-order valence-electron chi connectivity index (χ0n) is 14.4. The third kappa shape index (κ3) is 6.20. The van der Waals surface area contributed by atoms with Crippen molar-refractivity contribution in [3.63, 3.8) is 0 Å². The molecule has 0 aromatic heterocycles. The highest BCUT2D eigenvalue weighted by atomic mass is 16.3. The second-order valence-electron chi connectivity index (χ2n) is 6.40. The van der Waals surface area contributed by atoms with Crippen LogP contribution >= 0.6 is 0 Å². The number of aromatic hydroxyl groups is 1. The van der Waals surface area contributed by atoms with Crippen molar-refractivity contribution in [3.05, 3.63) is 48.1 Å². The first-order valence-electron chi connectivity index (χ1n) is 8.36. The minimum absolute atomic E-state index is 0.0844. The summed E-state index contributed by atoms with van der Waals surface area (Å²) in [4.78, 5) is 0. The van der Waals surface area contributed by atoms with Gasteiger partial charge in [0.05, 0.1) is 12.2 Å². The Morgan fingerprint density at radius 2 is 1.96 bits per heavy atom. The van der Waals surface area contributed by atoms with Crippen LogP contribution in [0.4, 0.5) is 0 Å². The Morgan fingerprint density at radius 3 is 2.48 bits per heavy atom. The fourth-order valence-electron chi connectivity index (χ4n) is 2.70. The van der Waals surface area contributed by atoms with E-state index in [-0.39, 0.29) is 17.6 Å². The van der Waals surface area contributed by atoms with Crippen molar-refractivity contribution < 1.29 is 15.3 Å². The van der Waals surface area contributed by atoms with Crippen LogP contribution in [0.3, 0.4) is 0 Å². The Balaban J connectivity index is 2.71. The zero-order valence-corrected chi connectivity index (χ0v) is 14.4. The van der Waals surface area contributed by atoms with Crippen LogP contribution in [0.5, 0.6) is 5.75 Å². The molecular weight excluding hydrogens is 288 g/mol. The van der Waals surface area contributed by atoms with Crippen LogP contribution in [0.25, 0.3) is 6.08 Å². The molecule has 23 heavy (non-hydrogen) atoms. The molecule has 0 fully saturated rings. The maximum Gasteiger partial charge on any atom is 0.116 e. The van der Waals surface area contributed by atoms with Gasteiger partial charge in [-0.05, 0) is 42.9 Å². The predicted octanol–water partition coefficient (Wildman–Crippen LogP) is 4.15. The van der Waals surface area contributed by atoms with Gasteiger partial charge in [0.15, 0.2) is 0 Å². The van der Waals surface area contributed by atoms with E-state index in [9.17, 15) is 15.3 Å². The lowest BCUT2D eigenvalue weighted by atomic mass is 9.86.